The van der Waals surface area contributed by atoms with Gasteiger partial charge in [0.2, 0.25) is 0 Å². The van der Waals surface area contributed by atoms with Crippen LogP contribution in [-0.2, 0) is 25.5 Å². The van der Waals surface area contributed by atoms with Gasteiger partial charge in [-0.1, -0.05) is 12.1 Å². The summed E-state index contributed by atoms with van der Waals surface area (Å²) < 4.78 is 17.7. The van der Waals surface area contributed by atoms with Gasteiger partial charge in [-0.3, -0.25) is 14.2 Å². The first-order chi connectivity index (χ1) is 15.2. The summed E-state index contributed by atoms with van der Waals surface area (Å²) in [5, 5.41) is 0.456. The highest BCUT2D eigenvalue weighted by Gasteiger charge is 2.38. The van der Waals surface area contributed by atoms with Crippen LogP contribution in [0.4, 0.5) is 4.79 Å². The van der Waals surface area contributed by atoms with Gasteiger partial charge in [0, 0.05) is 20.1 Å². The Morgan fingerprint density at radius 1 is 1.22 bits per heavy atom. The Balaban J connectivity index is 1.79. The van der Waals surface area contributed by atoms with Gasteiger partial charge < -0.3 is 19.1 Å². The molecule has 1 saturated heterocycles. The minimum atomic E-state index is -0.657. The van der Waals surface area contributed by atoms with E-state index in [9.17, 15) is 14.4 Å². The van der Waals surface area contributed by atoms with Gasteiger partial charge in [0.25, 0.3) is 5.56 Å². The number of para-hydroxylation sites is 1. The van der Waals surface area contributed by atoms with Crippen LogP contribution in [0.1, 0.15) is 40.0 Å². The second-order valence-corrected chi connectivity index (χ2v) is 8.93. The molecule has 0 bridgehead atoms. The number of Topliss-reactive ketones (excluding diaryl/α,β-unsaturated/α-hetero) is 1. The number of ketones is 1. The van der Waals surface area contributed by atoms with Crippen LogP contribution >= 0.6 is 0 Å². The van der Waals surface area contributed by atoms with Crippen LogP contribution < -0.4 is 5.56 Å². The normalized spacial score (nSPS) is 19.2. The Morgan fingerprint density at radius 2 is 1.97 bits per heavy atom. The number of carbonyl (C=O) groups is 2. The molecule has 1 fully saturated rings. The van der Waals surface area contributed by atoms with Crippen molar-refractivity contribution in [2.75, 3.05) is 20.4 Å². The van der Waals surface area contributed by atoms with Crippen molar-refractivity contribution in [3.8, 4) is 0 Å². The highest BCUT2D eigenvalue weighted by Crippen LogP contribution is 2.26. The van der Waals surface area contributed by atoms with E-state index in [0.29, 0.717) is 23.9 Å². The van der Waals surface area contributed by atoms with Gasteiger partial charge in [0.15, 0.2) is 5.78 Å². The Morgan fingerprint density at radius 3 is 2.69 bits per heavy atom. The zero-order valence-corrected chi connectivity index (χ0v) is 19.1. The lowest BCUT2D eigenvalue weighted by atomic mass is 9.94. The van der Waals surface area contributed by atoms with Gasteiger partial charge in [0.05, 0.1) is 35.9 Å². The fourth-order valence-electron chi connectivity index (χ4n) is 3.87. The van der Waals surface area contributed by atoms with Crippen molar-refractivity contribution < 1.29 is 23.8 Å². The average molecular weight is 446 g/mol. The van der Waals surface area contributed by atoms with Crippen LogP contribution in [0.25, 0.3) is 10.9 Å². The third-order valence-corrected chi connectivity index (χ3v) is 5.26. The smallest absolute Gasteiger partial charge is 0.410 e. The average Bonchev–Trinajstić information content (AvgIpc) is 2.74. The molecular weight excluding hydrogens is 414 g/mol. The Bertz CT molecular complexity index is 1010. The predicted molar refractivity (Wildman–Crippen MR) is 118 cm³/mol. The molecule has 3 rings (SSSR count). The number of piperidine rings is 1. The molecule has 1 aromatic heterocycles. The monoisotopic (exact) mass is 445 g/mol. The van der Waals surface area contributed by atoms with Crippen LogP contribution in [0.2, 0.25) is 0 Å². The van der Waals surface area contributed by atoms with Gasteiger partial charge in [-0.05, 0) is 45.7 Å². The lowest BCUT2D eigenvalue weighted by Crippen LogP contribution is -2.54. The number of aromatic nitrogens is 2. The van der Waals surface area contributed by atoms with E-state index in [-0.39, 0.29) is 37.2 Å². The highest BCUT2D eigenvalue weighted by atomic mass is 16.7. The summed E-state index contributed by atoms with van der Waals surface area (Å²) in [7, 11) is 1.52. The minimum Gasteiger partial charge on any atom is -0.444 e. The molecule has 32 heavy (non-hydrogen) atoms. The molecule has 0 radical (unpaired) electrons. The molecule has 9 heteroatoms. The van der Waals surface area contributed by atoms with Crippen LogP contribution in [-0.4, -0.2) is 64.5 Å². The molecule has 2 atom stereocenters. The summed E-state index contributed by atoms with van der Waals surface area (Å²) in [5.41, 5.74) is -0.350. The predicted octanol–water partition coefficient (Wildman–Crippen LogP) is 2.74. The van der Waals surface area contributed by atoms with Gasteiger partial charge in [-0.25, -0.2) is 9.78 Å². The highest BCUT2D eigenvalue weighted by molar-refractivity contribution is 5.81. The lowest BCUT2D eigenvalue weighted by Gasteiger charge is -2.41. The molecule has 9 nitrogen and oxygen atoms in total. The first-order valence-corrected chi connectivity index (χ1v) is 10.8. The van der Waals surface area contributed by atoms with Crippen molar-refractivity contribution in [2.24, 2.45) is 0 Å². The van der Waals surface area contributed by atoms with E-state index >= 15 is 0 Å². The molecule has 2 aromatic rings. The van der Waals surface area contributed by atoms with Gasteiger partial charge in [-0.15, -0.1) is 0 Å². The van der Waals surface area contributed by atoms with E-state index < -0.39 is 17.7 Å². The molecular formula is C23H31N3O6. The molecule has 0 unspecified atom stereocenters. The largest absolute Gasteiger partial charge is 0.444 e. The number of hydrogen-bond donors (Lipinski definition) is 0. The third kappa shape index (κ3) is 5.92. The number of benzene rings is 1. The number of carbonyl (C=O) groups excluding carboxylic acids is 2. The summed E-state index contributed by atoms with van der Waals surface area (Å²) in [6, 6.07) is 6.49. The minimum absolute atomic E-state index is 0.0346. The number of nitrogens with zero attached hydrogens (tertiary/aromatic N) is 3. The van der Waals surface area contributed by atoms with Crippen molar-refractivity contribution >= 4 is 22.8 Å². The first-order valence-electron chi connectivity index (χ1n) is 10.8. The summed E-state index contributed by atoms with van der Waals surface area (Å²) >= 11 is 0. The standard InChI is InChI=1S/C23H31N3O6/c1-23(2,3)32-22(29)26-11-7-10-20(31-15-30-4)19(26)12-16(27)13-25-14-24-18-9-6-5-8-17(18)21(25)28/h5-6,8-9,14,19-20H,7,10-13,15H2,1-4H3/t19-,20-/m0/s1. The number of likely N-dealkylation sites (tertiary alicyclic amines) is 1. The molecule has 0 aliphatic carbocycles. The fraction of sp³-hybridized carbons (Fsp3) is 0.565. The number of rotatable bonds is 7. The molecule has 174 valence electrons. The lowest BCUT2D eigenvalue weighted by molar-refractivity contribution is -0.131. The van der Waals surface area contributed by atoms with Gasteiger partial charge in [-0.2, -0.15) is 0 Å². The van der Waals surface area contributed by atoms with Gasteiger partial charge >= 0.3 is 6.09 Å². The quantitative estimate of drug-likeness (QED) is 0.604. The Labute approximate surface area is 187 Å². The zero-order valence-electron chi connectivity index (χ0n) is 19.1. The maximum Gasteiger partial charge on any atom is 0.410 e. The summed E-state index contributed by atoms with van der Waals surface area (Å²) in [5.74, 6) is -0.198. The van der Waals surface area contributed by atoms with E-state index in [1.807, 2.05) is 0 Å². The Kier molecular flexibility index (Phi) is 7.63. The number of methoxy groups -OCH3 is 1. The summed E-state index contributed by atoms with van der Waals surface area (Å²) in [6.45, 7) is 5.79. The van der Waals surface area contributed by atoms with Crippen molar-refractivity contribution in [3.63, 3.8) is 0 Å². The second-order valence-electron chi connectivity index (χ2n) is 8.93. The van der Waals surface area contributed by atoms with E-state index in [0.717, 1.165) is 6.42 Å². The maximum absolute atomic E-state index is 13.0. The van der Waals surface area contributed by atoms with E-state index in [1.165, 1.54) is 18.0 Å². The molecule has 1 aromatic carbocycles. The van der Waals surface area contributed by atoms with Gasteiger partial charge in [0.1, 0.15) is 12.4 Å². The van der Waals surface area contributed by atoms with Crippen molar-refractivity contribution in [2.45, 2.75) is 64.3 Å². The summed E-state index contributed by atoms with van der Waals surface area (Å²) in [6.07, 6.45) is 1.99. The van der Waals surface area contributed by atoms with Crippen LogP contribution in [0.5, 0.6) is 0 Å². The van der Waals surface area contributed by atoms with E-state index in [2.05, 4.69) is 4.98 Å². The molecule has 1 amide bonds. The number of hydrogen-bond acceptors (Lipinski definition) is 7. The number of fused-ring (bicyclic) bond motifs is 1. The molecule has 1 aliphatic rings. The van der Waals surface area contributed by atoms with Crippen LogP contribution in [0, 0.1) is 0 Å². The fourth-order valence-corrected chi connectivity index (χ4v) is 3.87. The number of amides is 1. The van der Waals surface area contributed by atoms with Crippen molar-refractivity contribution in [1.29, 1.82) is 0 Å². The molecule has 2 heterocycles. The first kappa shape index (κ1) is 23.9. The Hall–Kier alpha value is -2.78. The van der Waals surface area contributed by atoms with E-state index in [1.54, 1.807) is 49.9 Å². The SMILES string of the molecule is COCO[C@H]1CCCN(C(=O)OC(C)(C)C)[C@H]1CC(=O)Cn1cnc2ccccc2c1=O. The van der Waals surface area contributed by atoms with Crippen LogP contribution in [0.3, 0.4) is 0 Å². The van der Waals surface area contributed by atoms with Crippen molar-refractivity contribution in [1.82, 2.24) is 14.5 Å². The summed E-state index contributed by atoms with van der Waals surface area (Å²) in [4.78, 5) is 44.4. The molecule has 0 saturated carbocycles. The van der Waals surface area contributed by atoms with Crippen LogP contribution in [0.15, 0.2) is 35.4 Å². The maximum atomic E-state index is 13.0. The van der Waals surface area contributed by atoms with E-state index in [4.69, 9.17) is 14.2 Å². The number of ether oxygens (including phenoxy) is 3. The second kappa shape index (κ2) is 10.2. The zero-order chi connectivity index (χ0) is 23.3. The molecule has 0 N–H and O–H groups in total. The molecule has 0 spiro atoms. The molecule has 1 aliphatic heterocycles. The topological polar surface area (TPSA) is 100.0 Å². The van der Waals surface area contributed by atoms with Crippen molar-refractivity contribution in [3.05, 3.63) is 40.9 Å². The third-order valence-electron chi connectivity index (χ3n) is 5.26.